The zero-order valence-corrected chi connectivity index (χ0v) is 7.18. The first-order valence-corrected chi connectivity index (χ1v) is 4.31. The number of allylic oxidation sites excluding steroid dienone is 4. The van der Waals surface area contributed by atoms with Gasteiger partial charge in [-0.25, -0.2) is 0 Å². The van der Waals surface area contributed by atoms with Gasteiger partial charge in [-0.15, -0.1) is 0 Å². The third-order valence-corrected chi connectivity index (χ3v) is 2.12. The van der Waals surface area contributed by atoms with Crippen LogP contribution in [-0.2, 0) is 4.79 Å². The Morgan fingerprint density at radius 3 is 2.15 bits per heavy atom. The lowest BCUT2D eigenvalue weighted by molar-refractivity contribution is -0.110. The maximum Gasteiger partial charge on any atom is 0.178 e. The molecule has 1 aromatic rings. The number of hydrogen-bond acceptors (Lipinski definition) is 1. The fraction of sp³-hybridized carbons (Fsp3) is 0.0833. The first-order valence-electron chi connectivity index (χ1n) is 4.31. The molecule has 0 saturated heterocycles. The molecule has 0 saturated carbocycles. The minimum atomic E-state index is 0.0761. The summed E-state index contributed by atoms with van der Waals surface area (Å²) >= 11 is 0. The van der Waals surface area contributed by atoms with Gasteiger partial charge in [0.15, 0.2) is 5.78 Å². The van der Waals surface area contributed by atoms with Gasteiger partial charge in [0, 0.05) is 5.92 Å². The molecule has 0 aliphatic heterocycles. The molecule has 0 atom stereocenters. The van der Waals surface area contributed by atoms with Crippen LogP contribution in [0.15, 0.2) is 54.6 Å². The summed E-state index contributed by atoms with van der Waals surface area (Å²) < 4.78 is 0. The Hall–Kier alpha value is -1.63. The van der Waals surface area contributed by atoms with Gasteiger partial charge in [0.2, 0.25) is 0 Å². The van der Waals surface area contributed by atoms with E-state index in [2.05, 4.69) is 12.1 Å². The van der Waals surface area contributed by atoms with Gasteiger partial charge in [-0.05, 0) is 17.7 Å². The fourth-order valence-electron chi connectivity index (χ4n) is 1.41. The van der Waals surface area contributed by atoms with Crippen LogP contribution in [0.4, 0.5) is 0 Å². The number of hydrogen-bond donors (Lipinski definition) is 0. The third-order valence-electron chi connectivity index (χ3n) is 2.12. The van der Waals surface area contributed by atoms with Crippen molar-refractivity contribution in [2.75, 3.05) is 0 Å². The molecule has 0 spiro atoms. The lowest BCUT2D eigenvalue weighted by Gasteiger charge is -2.09. The molecular formula is C12H10O. The maximum atomic E-state index is 10.9. The zero-order chi connectivity index (χ0) is 9.10. The highest BCUT2D eigenvalue weighted by Gasteiger charge is 2.07. The zero-order valence-electron chi connectivity index (χ0n) is 7.18. The first kappa shape index (κ1) is 7.99. The lowest BCUT2D eigenvalue weighted by Crippen LogP contribution is -1.98. The minimum Gasteiger partial charge on any atom is -0.290 e. The van der Waals surface area contributed by atoms with Crippen molar-refractivity contribution >= 4 is 5.78 Å². The second-order valence-electron chi connectivity index (χ2n) is 3.06. The Morgan fingerprint density at radius 1 is 0.923 bits per heavy atom. The van der Waals surface area contributed by atoms with Crippen LogP contribution in [0.25, 0.3) is 0 Å². The molecule has 0 N–H and O–H groups in total. The molecule has 13 heavy (non-hydrogen) atoms. The molecule has 1 aliphatic rings. The van der Waals surface area contributed by atoms with Gasteiger partial charge in [-0.2, -0.15) is 0 Å². The summed E-state index contributed by atoms with van der Waals surface area (Å²) in [5, 5.41) is 0. The van der Waals surface area contributed by atoms with Gasteiger partial charge in [0.1, 0.15) is 0 Å². The topological polar surface area (TPSA) is 17.1 Å². The Balaban J connectivity index is 2.25. The van der Waals surface area contributed by atoms with Crippen molar-refractivity contribution < 1.29 is 4.79 Å². The molecule has 0 heterocycles. The van der Waals surface area contributed by atoms with E-state index in [1.807, 2.05) is 30.4 Å². The summed E-state index contributed by atoms with van der Waals surface area (Å²) in [4.78, 5) is 10.9. The first-order chi connectivity index (χ1) is 6.36. The predicted molar refractivity (Wildman–Crippen MR) is 52.5 cm³/mol. The number of carbonyl (C=O) groups is 1. The van der Waals surface area contributed by atoms with Crippen molar-refractivity contribution in [2.24, 2.45) is 0 Å². The van der Waals surface area contributed by atoms with Crippen molar-refractivity contribution in [3.05, 3.63) is 60.2 Å². The standard InChI is InChI=1S/C12H10O/c13-12-8-6-11(7-9-12)10-4-2-1-3-5-10/h1-9,11H. The highest BCUT2D eigenvalue weighted by atomic mass is 16.1. The molecule has 0 unspecified atom stereocenters. The number of benzene rings is 1. The van der Waals surface area contributed by atoms with Gasteiger partial charge in [0.25, 0.3) is 0 Å². The monoisotopic (exact) mass is 170 g/mol. The van der Waals surface area contributed by atoms with Crippen LogP contribution in [0.5, 0.6) is 0 Å². The smallest absolute Gasteiger partial charge is 0.178 e. The van der Waals surface area contributed by atoms with Gasteiger partial charge in [-0.1, -0.05) is 42.5 Å². The van der Waals surface area contributed by atoms with E-state index >= 15 is 0 Å². The van der Waals surface area contributed by atoms with Crippen LogP contribution in [0.3, 0.4) is 0 Å². The number of ketones is 1. The van der Waals surface area contributed by atoms with E-state index in [9.17, 15) is 4.79 Å². The average Bonchev–Trinajstić information content (AvgIpc) is 2.20. The molecule has 0 aromatic heterocycles. The quantitative estimate of drug-likeness (QED) is 0.632. The van der Waals surface area contributed by atoms with Crippen molar-refractivity contribution in [2.45, 2.75) is 5.92 Å². The van der Waals surface area contributed by atoms with E-state index in [-0.39, 0.29) is 11.7 Å². The molecule has 1 nitrogen and oxygen atoms in total. The molecule has 0 bridgehead atoms. The van der Waals surface area contributed by atoms with Crippen molar-refractivity contribution in [3.8, 4) is 0 Å². The molecule has 0 fully saturated rings. The third kappa shape index (κ3) is 1.75. The number of rotatable bonds is 1. The summed E-state index contributed by atoms with van der Waals surface area (Å²) in [6.45, 7) is 0. The van der Waals surface area contributed by atoms with Gasteiger partial charge in [0.05, 0.1) is 0 Å². The highest BCUT2D eigenvalue weighted by Crippen LogP contribution is 2.20. The Bertz CT molecular complexity index is 344. The summed E-state index contributed by atoms with van der Waals surface area (Å²) in [6, 6.07) is 10.1. The van der Waals surface area contributed by atoms with E-state index in [1.54, 1.807) is 12.2 Å². The van der Waals surface area contributed by atoms with Crippen LogP contribution in [-0.4, -0.2) is 5.78 Å². The average molecular weight is 170 g/mol. The van der Waals surface area contributed by atoms with Crippen molar-refractivity contribution in [1.29, 1.82) is 0 Å². The van der Waals surface area contributed by atoms with E-state index in [1.165, 1.54) is 5.56 Å². The molecule has 0 radical (unpaired) electrons. The van der Waals surface area contributed by atoms with Crippen LogP contribution < -0.4 is 0 Å². The van der Waals surface area contributed by atoms with Crippen LogP contribution in [0.1, 0.15) is 11.5 Å². The van der Waals surface area contributed by atoms with E-state index in [0.29, 0.717) is 0 Å². The summed E-state index contributed by atoms with van der Waals surface area (Å²) in [6.07, 6.45) is 7.10. The second kappa shape index (κ2) is 3.40. The van der Waals surface area contributed by atoms with E-state index in [0.717, 1.165) is 0 Å². The summed E-state index contributed by atoms with van der Waals surface area (Å²) in [5.41, 5.74) is 1.22. The Morgan fingerprint density at radius 2 is 1.54 bits per heavy atom. The SMILES string of the molecule is O=C1C=CC(c2ccccc2)C=C1. The van der Waals surface area contributed by atoms with E-state index < -0.39 is 0 Å². The van der Waals surface area contributed by atoms with Gasteiger partial charge >= 0.3 is 0 Å². The molecule has 0 amide bonds. The van der Waals surface area contributed by atoms with E-state index in [4.69, 9.17) is 0 Å². The maximum absolute atomic E-state index is 10.9. The lowest BCUT2D eigenvalue weighted by atomic mass is 9.95. The predicted octanol–water partition coefficient (Wildman–Crippen LogP) is 2.47. The Labute approximate surface area is 77.4 Å². The Kier molecular flexibility index (Phi) is 2.09. The van der Waals surface area contributed by atoms with Crippen LogP contribution in [0.2, 0.25) is 0 Å². The molecule has 1 aliphatic carbocycles. The minimum absolute atomic E-state index is 0.0761. The van der Waals surface area contributed by atoms with Crippen molar-refractivity contribution in [3.63, 3.8) is 0 Å². The van der Waals surface area contributed by atoms with Crippen LogP contribution >= 0.6 is 0 Å². The van der Waals surface area contributed by atoms with Crippen LogP contribution in [0, 0.1) is 0 Å². The summed E-state index contributed by atoms with van der Waals surface area (Å²) in [5.74, 6) is 0.339. The number of carbonyl (C=O) groups excluding carboxylic acids is 1. The van der Waals surface area contributed by atoms with Crippen molar-refractivity contribution in [1.82, 2.24) is 0 Å². The fourth-order valence-corrected chi connectivity index (χ4v) is 1.41. The molecule has 2 rings (SSSR count). The summed E-state index contributed by atoms with van der Waals surface area (Å²) in [7, 11) is 0. The van der Waals surface area contributed by atoms with Gasteiger partial charge < -0.3 is 0 Å². The molecular weight excluding hydrogens is 160 g/mol. The largest absolute Gasteiger partial charge is 0.290 e. The normalized spacial score (nSPS) is 16.5. The second-order valence-corrected chi connectivity index (χ2v) is 3.06. The molecule has 64 valence electrons. The molecule has 1 heteroatoms. The van der Waals surface area contributed by atoms with Gasteiger partial charge in [-0.3, -0.25) is 4.79 Å². The molecule has 1 aromatic carbocycles. The highest BCUT2D eigenvalue weighted by molar-refractivity contribution is 6.00.